The van der Waals surface area contributed by atoms with Crippen LogP contribution in [0.25, 0.3) is 0 Å². The van der Waals surface area contributed by atoms with E-state index in [9.17, 15) is 21.2 Å². The Kier molecular flexibility index (Phi) is 2.85. The van der Waals surface area contributed by atoms with E-state index in [4.69, 9.17) is 9.11 Å². The molecule has 6 nitrogen and oxygen atoms in total. The first-order valence-corrected chi connectivity index (χ1v) is 5.62. The molecule has 1 unspecified atom stereocenters. The fourth-order valence-electron chi connectivity index (χ4n) is 0.400. The zero-order chi connectivity index (χ0) is 10.2. The van der Waals surface area contributed by atoms with Crippen molar-refractivity contribution in [1.82, 2.24) is 0 Å². The minimum Gasteiger partial charge on any atom is -0.285 e. The maximum Gasteiger partial charge on any atom is 0.301 e. The smallest absolute Gasteiger partial charge is 0.285 e. The summed E-state index contributed by atoms with van der Waals surface area (Å²) in [5, 5.41) is -3.39. The molecule has 9 heteroatoms. The van der Waals surface area contributed by atoms with E-state index >= 15 is 0 Å². The highest BCUT2D eigenvalue weighted by molar-refractivity contribution is 7.90. The summed E-state index contributed by atoms with van der Waals surface area (Å²) in [5.74, 6) is -1.70. The summed E-state index contributed by atoms with van der Waals surface area (Å²) >= 11 is 0. The molecule has 0 rings (SSSR count). The minimum atomic E-state index is -5.14. The Bertz CT molecular complexity index is 350. The zero-order valence-electron chi connectivity index (χ0n) is 5.93. The van der Waals surface area contributed by atoms with Crippen LogP contribution in [0, 0.1) is 0 Å². The van der Waals surface area contributed by atoms with Crippen LogP contribution in [-0.2, 0) is 20.2 Å². The molecule has 0 amide bonds. The summed E-state index contributed by atoms with van der Waals surface area (Å²) < 4.78 is 69.3. The largest absolute Gasteiger partial charge is 0.301 e. The van der Waals surface area contributed by atoms with Gasteiger partial charge in [0.15, 0.2) is 0 Å². The van der Waals surface area contributed by atoms with Crippen LogP contribution < -0.4 is 0 Å². The van der Waals surface area contributed by atoms with Gasteiger partial charge in [-0.05, 0) is 6.92 Å². The van der Waals surface area contributed by atoms with Crippen molar-refractivity contribution in [1.29, 1.82) is 0 Å². The normalized spacial score (nSPS) is 18.7. The average molecular weight is 222 g/mol. The van der Waals surface area contributed by atoms with Crippen LogP contribution in [0.2, 0.25) is 0 Å². The van der Waals surface area contributed by atoms with Crippen LogP contribution in [-0.4, -0.2) is 36.7 Å². The fourth-order valence-corrected chi connectivity index (χ4v) is 2.09. The molecule has 0 aliphatic rings. The molecule has 0 aliphatic carbocycles. The van der Waals surface area contributed by atoms with E-state index in [1.54, 1.807) is 0 Å². The summed E-state index contributed by atoms with van der Waals surface area (Å²) in [6, 6.07) is 0. The standard InChI is InChI=1S/C3H7FO6S2/c1-3(4,12(8,9)10)2-11(5,6)7/h2H2,1H3,(H,5,6,7)(H,8,9,10). The van der Waals surface area contributed by atoms with Crippen molar-refractivity contribution in [3.8, 4) is 0 Å². The Hall–Kier alpha value is -0.250. The quantitative estimate of drug-likeness (QED) is 0.620. The van der Waals surface area contributed by atoms with Crippen molar-refractivity contribution in [2.45, 2.75) is 11.9 Å². The lowest BCUT2D eigenvalue weighted by Gasteiger charge is -2.13. The van der Waals surface area contributed by atoms with Crippen molar-refractivity contribution < 1.29 is 30.3 Å². The first-order chi connectivity index (χ1) is 4.96. The molecule has 0 saturated carbocycles. The third-order valence-corrected chi connectivity index (χ3v) is 3.29. The third-order valence-electron chi connectivity index (χ3n) is 0.978. The van der Waals surface area contributed by atoms with Crippen LogP contribution in [0.15, 0.2) is 0 Å². The second-order valence-corrected chi connectivity index (χ2v) is 5.56. The van der Waals surface area contributed by atoms with Crippen molar-refractivity contribution in [2.24, 2.45) is 0 Å². The van der Waals surface area contributed by atoms with Gasteiger partial charge >= 0.3 is 10.1 Å². The number of halogens is 1. The summed E-state index contributed by atoms with van der Waals surface area (Å²) in [6.07, 6.45) is 0. The maximum absolute atomic E-state index is 12.7. The third kappa shape index (κ3) is 3.43. The van der Waals surface area contributed by atoms with Crippen molar-refractivity contribution in [3.05, 3.63) is 0 Å². The summed E-state index contributed by atoms with van der Waals surface area (Å²) in [7, 11) is -9.92. The van der Waals surface area contributed by atoms with E-state index in [-0.39, 0.29) is 0 Å². The van der Waals surface area contributed by atoms with Crippen LogP contribution in [0.1, 0.15) is 6.92 Å². The van der Waals surface area contributed by atoms with Gasteiger partial charge in [-0.3, -0.25) is 9.11 Å². The summed E-state index contributed by atoms with van der Waals surface area (Å²) in [6.45, 7) is 0.329. The van der Waals surface area contributed by atoms with Gasteiger partial charge in [-0.1, -0.05) is 0 Å². The van der Waals surface area contributed by atoms with Gasteiger partial charge in [0.2, 0.25) is 5.00 Å². The van der Waals surface area contributed by atoms with E-state index in [0.717, 1.165) is 0 Å². The highest BCUT2D eigenvalue weighted by Crippen LogP contribution is 2.19. The summed E-state index contributed by atoms with van der Waals surface area (Å²) in [5.41, 5.74) is 0. The molecule has 0 aromatic rings. The molecule has 74 valence electrons. The summed E-state index contributed by atoms with van der Waals surface area (Å²) in [4.78, 5) is 0. The van der Waals surface area contributed by atoms with Crippen LogP contribution in [0.3, 0.4) is 0 Å². The molecule has 0 heterocycles. The number of hydrogen-bond donors (Lipinski definition) is 2. The van der Waals surface area contributed by atoms with Gasteiger partial charge < -0.3 is 0 Å². The van der Waals surface area contributed by atoms with Gasteiger partial charge in [0.25, 0.3) is 10.1 Å². The Morgan fingerprint density at radius 3 is 1.67 bits per heavy atom. The second kappa shape index (κ2) is 2.91. The zero-order valence-corrected chi connectivity index (χ0v) is 7.56. The number of hydrogen-bond acceptors (Lipinski definition) is 4. The molecule has 0 aliphatic heterocycles. The van der Waals surface area contributed by atoms with Crippen molar-refractivity contribution >= 4 is 20.2 Å². The molecular weight excluding hydrogens is 215 g/mol. The monoisotopic (exact) mass is 222 g/mol. The second-order valence-electron chi connectivity index (χ2n) is 2.30. The fraction of sp³-hybridized carbons (Fsp3) is 1.00. The first-order valence-electron chi connectivity index (χ1n) is 2.57. The van der Waals surface area contributed by atoms with Gasteiger partial charge in [0.05, 0.1) is 0 Å². The van der Waals surface area contributed by atoms with E-state index in [1.807, 2.05) is 0 Å². The van der Waals surface area contributed by atoms with E-state index in [2.05, 4.69) is 0 Å². The van der Waals surface area contributed by atoms with E-state index in [0.29, 0.717) is 6.92 Å². The van der Waals surface area contributed by atoms with Crippen LogP contribution in [0.5, 0.6) is 0 Å². The predicted octanol–water partition coefficient (Wildman–Crippen LogP) is -0.552. The van der Waals surface area contributed by atoms with Gasteiger partial charge in [-0.2, -0.15) is 16.8 Å². The average Bonchev–Trinajstić information content (AvgIpc) is 1.52. The molecule has 0 fully saturated rings. The van der Waals surface area contributed by atoms with Gasteiger partial charge in [-0.15, -0.1) is 0 Å². The number of alkyl halides is 1. The van der Waals surface area contributed by atoms with Gasteiger partial charge in [0, 0.05) is 0 Å². The predicted molar refractivity (Wildman–Crippen MR) is 37.5 cm³/mol. The molecule has 0 spiro atoms. The van der Waals surface area contributed by atoms with Crippen molar-refractivity contribution in [2.75, 3.05) is 5.75 Å². The van der Waals surface area contributed by atoms with Crippen LogP contribution in [0.4, 0.5) is 4.39 Å². The SMILES string of the molecule is CC(F)(CS(=O)(=O)O)S(=O)(=O)O. The Morgan fingerprint density at radius 1 is 1.25 bits per heavy atom. The van der Waals surface area contributed by atoms with Crippen molar-refractivity contribution in [3.63, 3.8) is 0 Å². The lowest BCUT2D eigenvalue weighted by atomic mass is 10.5. The maximum atomic E-state index is 12.7. The van der Waals surface area contributed by atoms with E-state index in [1.165, 1.54) is 0 Å². The molecule has 2 N–H and O–H groups in total. The topological polar surface area (TPSA) is 109 Å². The molecule has 0 radical (unpaired) electrons. The molecule has 0 saturated heterocycles. The Morgan fingerprint density at radius 2 is 1.58 bits per heavy atom. The molecule has 0 aromatic heterocycles. The molecule has 12 heavy (non-hydrogen) atoms. The first kappa shape index (κ1) is 11.8. The highest BCUT2D eigenvalue weighted by Gasteiger charge is 2.42. The van der Waals surface area contributed by atoms with Crippen LogP contribution >= 0.6 is 0 Å². The Labute approximate surface area is 68.9 Å². The van der Waals surface area contributed by atoms with Gasteiger partial charge in [-0.25, -0.2) is 4.39 Å². The molecule has 1 atom stereocenters. The minimum absolute atomic E-state index is 0.329. The molecule has 0 bridgehead atoms. The van der Waals surface area contributed by atoms with E-state index < -0.39 is 31.0 Å². The molecule has 0 aromatic carbocycles. The lowest BCUT2D eigenvalue weighted by Crippen LogP contribution is -2.37. The lowest BCUT2D eigenvalue weighted by molar-refractivity contribution is 0.286. The van der Waals surface area contributed by atoms with Gasteiger partial charge in [0.1, 0.15) is 5.75 Å². The number of rotatable bonds is 3. The molecular formula is C3H7FO6S2. The Balaban J connectivity index is 4.94. The highest BCUT2D eigenvalue weighted by atomic mass is 32.2.